The molecule has 1 aliphatic heterocycles. The minimum absolute atomic E-state index is 0.0538. The number of para-hydroxylation sites is 2. The summed E-state index contributed by atoms with van der Waals surface area (Å²) in [5.74, 6) is -0.0538. The molecule has 21 heavy (non-hydrogen) atoms. The lowest BCUT2D eigenvalue weighted by Crippen LogP contribution is -2.39. The number of carbonyl (C=O) groups is 1. The van der Waals surface area contributed by atoms with Gasteiger partial charge < -0.3 is 14.6 Å². The van der Waals surface area contributed by atoms with Gasteiger partial charge in [-0.05, 0) is 38.0 Å². The van der Waals surface area contributed by atoms with Gasteiger partial charge in [-0.15, -0.1) is 0 Å². The van der Waals surface area contributed by atoms with Crippen molar-refractivity contribution in [2.75, 3.05) is 18.0 Å². The molecule has 1 unspecified atom stereocenters. The van der Waals surface area contributed by atoms with E-state index in [2.05, 4.69) is 15.2 Å². The highest BCUT2D eigenvalue weighted by molar-refractivity contribution is 5.87. The van der Waals surface area contributed by atoms with E-state index in [4.69, 9.17) is 4.42 Å². The van der Waals surface area contributed by atoms with Crippen molar-refractivity contribution in [3.05, 3.63) is 36.4 Å². The Morgan fingerprint density at radius 2 is 2.38 bits per heavy atom. The Labute approximate surface area is 123 Å². The molecule has 0 spiro atoms. The first-order valence-corrected chi connectivity index (χ1v) is 7.30. The summed E-state index contributed by atoms with van der Waals surface area (Å²) in [6.07, 6.45) is 5.40. The summed E-state index contributed by atoms with van der Waals surface area (Å²) in [4.78, 5) is 18.2. The third kappa shape index (κ3) is 2.91. The third-order valence-electron chi connectivity index (χ3n) is 3.74. The van der Waals surface area contributed by atoms with Gasteiger partial charge in [-0.25, -0.2) is 0 Å². The molecule has 5 heteroatoms. The van der Waals surface area contributed by atoms with Crippen molar-refractivity contribution in [2.24, 2.45) is 0 Å². The molecule has 0 saturated carbocycles. The Balaban J connectivity index is 1.72. The molecule has 110 valence electrons. The van der Waals surface area contributed by atoms with Gasteiger partial charge in [0.2, 0.25) is 5.91 Å². The fourth-order valence-electron chi connectivity index (χ4n) is 2.71. The monoisotopic (exact) mass is 285 g/mol. The average molecular weight is 285 g/mol. The minimum Gasteiger partial charge on any atom is -0.423 e. The van der Waals surface area contributed by atoms with Crippen LogP contribution in [-0.2, 0) is 4.79 Å². The van der Waals surface area contributed by atoms with Crippen LogP contribution in [0.4, 0.5) is 6.01 Å². The topological polar surface area (TPSA) is 58.4 Å². The number of fused-ring (bicyclic) bond motifs is 1. The molecule has 1 N–H and O–H groups in total. The summed E-state index contributed by atoms with van der Waals surface area (Å²) in [6.45, 7) is 3.36. The van der Waals surface area contributed by atoms with Gasteiger partial charge >= 0.3 is 0 Å². The Hall–Kier alpha value is -2.30. The zero-order chi connectivity index (χ0) is 14.7. The Bertz CT molecular complexity index is 629. The standard InChI is InChI=1S/C16H19N3O2/c1-2-6-15(20)17-11-12-7-5-10-19(12)16-18-13-8-3-4-9-14(13)21-16/h2-4,6,8-9,12H,5,7,10-11H2,1H3,(H,17,20). The van der Waals surface area contributed by atoms with Crippen LogP contribution in [0.3, 0.4) is 0 Å². The molecule has 0 bridgehead atoms. The molecule has 1 amide bonds. The number of nitrogens with zero attached hydrogens (tertiary/aromatic N) is 2. The number of rotatable bonds is 4. The van der Waals surface area contributed by atoms with E-state index < -0.39 is 0 Å². The number of oxazole rings is 1. The van der Waals surface area contributed by atoms with Gasteiger partial charge in [-0.3, -0.25) is 4.79 Å². The van der Waals surface area contributed by atoms with Gasteiger partial charge in [0.25, 0.3) is 6.01 Å². The predicted molar refractivity (Wildman–Crippen MR) is 82.2 cm³/mol. The molecule has 1 atom stereocenters. The largest absolute Gasteiger partial charge is 0.423 e. The van der Waals surface area contributed by atoms with Gasteiger partial charge in [-0.1, -0.05) is 18.2 Å². The van der Waals surface area contributed by atoms with Crippen molar-refractivity contribution in [3.8, 4) is 0 Å². The van der Waals surface area contributed by atoms with Crippen molar-refractivity contribution in [2.45, 2.75) is 25.8 Å². The van der Waals surface area contributed by atoms with Crippen LogP contribution in [0.2, 0.25) is 0 Å². The molecule has 1 aliphatic rings. The average Bonchev–Trinajstić information content (AvgIpc) is 3.11. The molecule has 3 rings (SSSR count). The molecular formula is C16H19N3O2. The van der Waals surface area contributed by atoms with Crippen LogP contribution in [0.5, 0.6) is 0 Å². The SMILES string of the molecule is CC=CC(=O)NCC1CCCN1c1nc2ccccc2o1. The quantitative estimate of drug-likeness (QED) is 0.877. The zero-order valence-corrected chi connectivity index (χ0v) is 12.1. The highest BCUT2D eigenvalue weighted by Crippen LogP contribution is 2.27. The maximum atomic E-state index is 11.5. The first-order valence-electron chi connectivity index (χ1n) is 7.30. The van der Waals surface area contributed by atoms with Crippen LogP contribution in [0, 0.1) is 0 Å². The summed E-state index contributed by atoms with van der Waals surface area (Å²) in [5, 5.41) is 2.92. The number of allylic oxidation sites excluding steroid dienone is 1. The summed E-state index contributed by atoms with van der Waals surface area (Å²) >= 11 is 0. The molecule has 5 nitrogen and oxygen atoms in total. The number of aromatic nitrogens is 1. The fraction of sp³-hybridized carbons (Fsp3) is 0.375. The Morgan fingerprint density at radius 1 is 1.52 bits per heavy atom. The number of hydrogen-bond donors (Lipinski definition) is 1. The second kappa shape index (κ2) is 5.99. The molecular weight excluding hydrogens is 266 g/mol. The number of benzene rings is 1. The Morgan fingerprint density at radius 3 is 3.19 bits per heavy atom. The van der Waals surface area contributed by atoms with Crippen LogP contribution in [-0.4, -0.2) is 30.0 Å². The third-order valence-corrected chi connectivity index (χ3v) is 3.74. The van der Waals surface area contributed by atoms with E-state index in [0.717, 1.165) is 30.5 Å². The van der Waals surface area contributed by atoms with Gasteiger partial charge in [0.1, 0.15) is 5.52 Å². The van der Waals surface area contributed by atoms with Gasteiger partial charge in [0.15, 0.2) is 5.58 Å². The van der Waals surface area contributed by atoms with E-state index in [9.17, 15) is 4.79 Å². The molecule has 0 aliphatic carbocycles. The van der Waals surface area contributed by atoms with Crippen molar-refractivity contribution >= 4 is 23.0 Å². The summed E-state index contributed by atoms with van der Waals surface area (Å²) in [7, 11) is 0. The second-order valence-electron chi connectivity index (χ2n) is 5.20. The van der Waals surface area contributed by atoms with Crippen molar-refractivity contribution in [1.29, 1.82) is 0 Å². The summed E-state index contributed by atoms with van der Waals surface area (Å²) < 4.78 is 5.82. The van der Waals surface area contributed by atoms with E-state index in [1.54, 1.807) is 12.2 Å². The lowest BCUT2D eigenvalue weighted by molar-refractivity contribution is -0.116. The molecule has 1 aromatic heterocycles. The van der Waals surface area contributed by atoms with Crippen molar-refractivity contribution < 1.29 is 9.21 Å². The normalized spacial score (nSPS) is 18.7. The van der Waals surface area contributed by atoms with Crippen LogP contribution < -0.4 is 10.2 Å². The van der Waals surface area contributed by atoms with Gasteiger partial charge in [-0.2, -0.15) is 4.98 Å². The Kier molecular flexibility index (Phi) is 3.90. The van der Waals surface area contributed by atoms with Crippen molar-refractivity contribution in [1.82, 2.24) is 10.3 Å². The molecule has 2 heterocycles. The smallest absolute Gasteiger partial charge is 0.298 e. The van der Waals surface area contributed by atoms with E-state index in [-0.39, 0.29) is 11.9 Å². The first-order chi connectivity index (χ1) is 10.3. The lowest BCUT2D eigenvalue weighted by Gasteiger charge is -2.22. The number of amides is 1. The van der Waals surface area contributed by atoms with Gasteiger partial charge in [0.05, 0.1) is 6.04 Å². The predicted octanol–water partition coefficient (Wildman–Crippen LogP) is 2.49. The maximum Gasteiger partial charge on any atom is 0.298 e. The molecule has 1 fully saturated rings. The van der Waals surface area contributed by atoms with Crippen LogP contribution in [0.1, 0.15) is 19.8 Å². The minimum atomic E-state index is -0.0538. The van der Waals surface area contributed by atoms with Gasteiger partial charge in [0, 0.05) is 13.1 Å². The maximum absolute atomic E-state index is 11.5. The molecule has 0 radical (unpaired) electrons. The van der Waals surface area contributed by atoms with Crippen molar-refractivity contribution in [3.63, 3.8) is 0 Å². The fourth-order valence-corrected chi connectivity index (χ4v) is 2.71. The number of anilines is 1. The zero-order valence-electron chi connectivity index (χ0n) is 12.1. The molecule has 2 aromatic rings. The van der Waals surface area contributed by atoms with Crippen LogP contribution in [0.25, 0.3) is 11.1 Å². The van der Waals surface area contributed by atoms with E-state index in [1.807, 2.05) is 31.2 Å². The number of carbonyl (C=O) groups excluding carboxylic acids is 1. The summed E-state index contributed by atoms with van der Waals surface area (Å²) in [5.41, 5.74) is 1.67. The number of hydrogen-bond acceptors (Lipinski definition) is 4. The number of nitrogens with one attached hydrogen (secondary N) is 1. The molecule has 1 aromatic carbocycles. The molecule has 1 saturated heterocycles. The van der Waals surface area contributed by atoms with E-state index in [1.165, 1.54) is 0 Å². The lowest BCUT2D eigenvalue weighted by atomic mass is 10.2. The highest BCUT2D eigenvalue weighted by atomic mass is 16.4. The van der Waals surface area contributed by atoms with E-state index in [0.29, 0.717) is 12.6 Å². The summed E-state index contributed by atoms with van der Waals surface area (Å²) in [6, 6.07) is 8.65. The second-order valence-corrected chi connectivity index (χ2v) is 5.20. The van der Waals surface area contributed by atoms with Crippen LogP contribution >= 0.6 is 0 Å². The van der Waals surface area contributed by atoms with E-state index >= 15 is 0 Å². The van der Waals surface area contributed by atoms with Crippen LogP contribution in [0.15, 0.2) is 40.8 Å². The first kappa shape index (κ1) is 13.7. The highest BCUT2D eigenvalue weighted by Gasteiger charge is 2.28.